The van der Waals surface area contributed by atoms with Crippen molar-refractivity contribution < 1.29 is 19.1 Å². The molecule has 2 aromatic rings. The van der Waals surface area contributed by atoms with Gasteiger partial charge in [-0.1, -0.05) is 0 Å². The maximum atomic E-state index is 12.7. The fourth-order valence-electron chi connectivity index (χ4n) is 2.62. The zero-order valence-corrected chi connectivity index (χ0v) is 15.1. The summed E-state index contributed by atoms with van der Waals surface area (Å²) in [4.78, 5) is 31.9. The van der Waals surface area contributed by atoms with Crippen molar-refractivity contribution in [2.75, 3.05) is 19.0 Å². The minimum atomic E-state index is -0.498. The molecule has 7 heteroatoms. The average Bonchev–Trinajstić information content (AvgIpc) is 2.89. The third kappa shape index (κ3) is 3.99. The lowest BCUT2D eigenvalue weighted by Gasteiger charge is -2.14. The lowest BCUT2D eigenvalue weighted by molar-refractivity contribution is 0.0525. The van der Waals surface area contributed by atoms with E-state index in [0.29, 0.717) is 34.1 Å². The molecule has 0 aliphatic carbocycles. The molecule has 25 heavy (non-hydrogen) atoms. The topological polar surface area (TPSA) is 93.3 Å². The van der Waals surface area contributed by atoms with E-state index in [4.69, 9.17) is 9.47 Å². The number of ketones is 1. The first-order valence-corrected chi connectivity index (χ1v) is 8.06. The van der Waals surface area contributed by atoms with Gasteiger partial charge in [0.1, 0.15) is 0 Å². The van der Waals surface area contributed by atoms with Gasteiger partial charge in [-0.15, -0.1) is 0 Å². The third-order valence-electron chi connectivity index (χ3n) is 3.89. The number of hydrogen-bond donors (Lipinski definition) is 2. The van der Waals surface area contributed by atoms with Gasteiger partial charge in [-0.05, 0) is 39.3 Å². The number of aryl methyl sites for hydroxylation is 1. The maximum Gasteiger partial charge on any atom is 0.340 e. The molecule has 0 aliphatic heterocycles. The van der Waals surface area contributed by atoms with Crippen molar-refractivity contribution in [3.8, 4) is 5.88 Å². The first-order chi connectivity index (χ1) is 11.9. The average molecular weight is 345 g/mol. The van der Waals surface area contributed by atoms with E-state index in [0.717, 1.165) is 0 Å². The normalized spacial score (nSPS) is 11.7. The van der Waals surface area contributed by atoms with Crippen LogP contribution in [-0.2, 0) is 4.74 Å². The van der Waals surface area contributed by atoms with Crippen molar-refractivity contribution in [2.24, 2.45) is 0 Å². The second-order valence-electron chi connectivity index (χ2n) is 5.66. The smallest absolute Gasteiger partial charge is 0.340 e. The molecule has 7 nitrogen and oxygen atoms in total. The number of H-pyrrole nitrogens is 1. The predicted octanol–water partition coefficient (Wildman–Crippen LogP) is 2.90. The number of rotatable bonds is 7. The van der Waals surface area contributed by atoms with E-state index in [-0.39, 0.29) is 12.4 Å². The first kappa shape index (κ1) is 18.5. The van der Waals surface area contributed by atoms with Crippen molar-refractivity contribution in [1.82, 2.24) is 9.97 Å². The molecule has 0 aliphatic rings. The molecule has 2 aromatic heterocycles. The van der Waals surface area contributed by atoms with Gasteiger partial charge < -0.3 is 19.8 Å². The Labute approximate surface area is 146 Å². The van der Waals surface area contributed by atoms with Crippen LogP contribution in [0.15, 0.2) is 18.3 Å². The van der Waals surface area contributed by atoms with Crippen LogP contribution in [0, 0.1) is 13.8 Å². The molecule has 0 bridgehead atoms. The number of Topliss-reactive ketones (excluding diaryl/α,β-unsaturated/α-hetero) is 1. The van der Waals surface area contributed by atoms with E-state index >= 15 is 0 Å². The van der Waals surface area contributed by atoms with Gasteiger partial charge in [0.15, 0.2) is 0 Å². The number of hydrogen-bond acceptors (Lipinski definition) is 6. The van der Waals surface area contributed by atoms with Crippen molar-refractivity contribution in [3.63, 3.8) is 0 Å². The molecule has 2 N–H and O–H groups in total. The summed E-state index contributed by atoms with van der Waals surface area (Å²) in [6, 6.07) is 3.00. The van der Waals surface area contributed by atoms with Gasteiger partial charge in [0.25, 0.3) is 0 Å². The highest BCUT2D eigenvalue weighted by Gasteiger charge is 2.25. The summed E-state index contributed by atoms with van der Waals surface area (Å²) < 4.78 is 10.1. The van der Waals surface area contributed by atoms with Crippen LogP contribution >= 0.6 is 0 Å². The number of pyridine rings is 1. The molecule has 1 atom stereocenters. The Morgan fingerprint density at radius 2 is 2.04 bits per heavy atom. The van der Waals surface area contributed by atoms with Crippen LogP contribution in [0.1, 0.15) is 46.0 Å². The van der Waals surface area contributed by atoms with Gasteiger partial charge in [-0.2, -0.15) is 0 Å². The Kier molecular flexibility index (Phi) is 5.80. The highest BCUT2D eigenvalue weighted by Crippen LogP contribution is 2.21. The van der Waals surface area contributed by atoms with Crippen LogP contribution in [-0.4, -0.2) is 41.5 Å². The monoisotopic (exact) mass is 345 g/mol. The molecule has 0 saturated carbocycles. The van der Waals surface area contributed by atoms with Crippen LogP contribution in [0.25, 0.3) is 0 Å². The highest BCUT2D eigenvalue weighted by atomic mass is 16.5. The van der Waals surface area contributed by atoms with E-state index in [1.54, 1.807) is 53.1 Å². The van der Waals surface area contributed by atoms with Crippen molar-refractivity contribution in [2.45, 2.75) is 33.7 Å². The number of ether oxygens (including phenoxy) is 2. The van der Waals surface area contributed by atoms with Gasteiger partial charge in [0, 0.05) is 11.8 Å². The summed E-state index contributed by atoms with van der Waals surface area (Å²) in [5, 5.41) is 3.10. The summed E-state index contributed by atoms with van der Waals surface area (Å²) in [5.41, 5.74) is 2.75. The van der Waals surface area contributed by atoms with Gasteiger partial charge in [-0.25, -0.2) is 9.78 Å². The number of aromatic nitrogens is 2. The van der Waals surface area contributed by atoms with E-state index in [1.807, 2.05) is 0 Å². The fraction of sp³-hybridized carbons (Fsp3) is 0.389. The van der Waals surface area contributed by atoms with E-state index in [9.17, 15) is 9.59 Å². The number of carbonyl (C=O) groups is 2. The van der Waals surface area contributed by atoms with Crippen molar-refractivity contribution in [3.05, 3.63) is 40.8 Å². The summed E-state index contributed by atoms with van der Waals surface area (Å²) in [6.07, 6.45) is 1.60. The zero-order chi connectivity index (χ0) is 18.6. The Morgan fingerprint density at radius 3 is 2.60 bits per heavy atom. The number of nitrogens with one attached hydrogen (secondary N) is 2. The van der Waals surface area contributed by atoms with Gasteiger partial charge >= 0.3 is 5.97 Å². The van der Waals surface area contributed by atoms with Crippen LogP contribution in [0.3, 0.4) is 0 Å². The van der Waals surface area contributed by atoms with Crippen LogP contribution in [0.5, 0.6) is 5.88 Å². The quantitative estimate of drug-likeness (QED) is 0.592. The summed E-state index contributed by atoms with van der Waals surface area (Å²) in [5.74, 6) is -0.0702. The summed E-state index contributed by atoms with van der Waals surface area (Å²) >= 11 is 0. The second-order valence-corrected chi connectivity index (χ2v) is 5.66. The zero-order valence-electron chi connectivity index (χ0n) is 15.1. The lowest BCUT2D eigenvalue weighted by atomic mass is 10.0. The molecular weight excluding hydrogens is 322 g/mol. The van der Waals surface area contributed by atoms with E-state index < -0.39 is 12.0 Å². The van der Waals surface area contributed by atoms with Crippen LogP contribution in [0.2, 0.25) is 0 Å². The Balaban J connectivity index is 2.18. The van der Waals surface area contributed by atoms with Crippen molar-refractivity contribution >= 4 is 17.4 Å². The number of esters is 1. The summed E-state index contributed by atoms with van der Waals surface area (Å²) in [6.45, 7) is 7.28. The number of carbonyl (C=O) groups excluding carboxylic acids is 2. The Hall–Kier alpha value is -2.83. The van der Waals surface area contributed by atoms with Crippen LogP contribution in [0.4, 0.5) is 5.69 Å². The number of methoxy groups -OCH3 is 1. The SMILES string of the molecule is CCOC(=O)c1c(C)[nH]c(C(=O)[C@H](C)Nc2ccc(OC)nc2)c1C. The Morgan fingerprint density at radius 1 is 1.32 bits per heavy atom. The largest absolute Gasteiger partial charge is 0.481 e. The molecule has 0 saturated heterocycles. The van der Waals surface area contributed by atoms with E-state index in [2.05, 4.69) is 15.3 Å². The minimum absolute atomic E-state index is 0.146. The molecule has 0 radical (unpaired) electrons. The minimum Gasteiger partial charge on any atom is -0.481 e. The fourth-order valence-corrected chi connectivity index (χ4v) is 2.62. The molecule has 2 rings (SSSR count). The maximum absolute atomic E-state index is 12.7. The molecule has 0 fully saturated rings. The first-order valence-electron chi connectivity index (χ1n) is 8.06. The third-order valence-corrected chi connectivity index (χ3v) is 3.89. The van der Waals surface area contributed by atoms with Crippen LogP contribution < -0.4 is 10.1 Å². The molecule has 2 heterocycles. The molecule has 0 amide bonds. The standard InChI is InChI=1S/C18H23N3O4/c1-6-25-18(23)15-10(2)16(21-11(15)3)17(22)12(4)20-13-7-8-14(24-5)19-9-13/h7-9,12,20-21H,6H2,1-5H3/t12-/m0/s1. The van der Waals surface area contributed by atoms with Gasteiger partial charge in [-0.3, -0.25) is 4.79 Å². The summed E-state index contributed by atoms with van der Waals surface area (Å²) in [7, 11) is 1.54. The molecule has 134 valence electrons. The number of anilines is 1. The van der Waals surface area contributed by atoms with Crippen molar-refractivity contribution in [1.29, 1.82) is 0 Å². The highest BCUT2D eigenvalue weighted by molar-refractivity contribution is 6.04. The number of aromatic amines is 1. The molecule has 0 spiro atoms. The second kappa shape index (κ2) is 7.83. The van der Waals surface area contributed by atoms with Gasteiger partial charge in [0.05, 0.1) is 42.9 Å². The van der Waals surface area contributed by atoms with Gasteiger partial charge in [0.2, 0.25) is 11.7 Å². The molecular formula is C18H23N3O4. The Bertz CT molecular complexity index is 765. The number of nitrogens with zero attached hydrogens (tertiary/aromatic N) is 1. The molecule has 0 aromatic carbocycles. The lowest BCUT2D eigenvalue weighted by Crippen LogP contribution is -2.27. The van der Waals surface area contributed by atoms with E-state index in [1.165, 1.54) is 0 Å². The predicted molar refractivity (Wildman–Crippen MR) is 94.4 cm³/mol. The molecule has 0 unspecified atom stereocenters.